The lowest BCUT2D eigenvalue weighted by Crippen LogP contribution is -2.24. The highest BCUT2D eigenvalue weighted by molar-refractivity contribution is 6.31. The van der Waals surface area contributed by atoms with Crippen LogP contribution in [0.15, 0.2) is 113 Å². The van der Waals surface area contributed by atoms with Gasteiger partial charge in [-0.3, -0.25) is 4.99 Å². The molecule has 0 bridgehead atoms. The Bertz CT molecular complexity index is 1700. The average Bonchev–Trinajstić information content (AvgIpc) is 3.27. The molecule has 0 amide bonds. The van der Waals surface area contributed by atoms with Crippen LogP contribution in [-0.2, 0) is 10.8 Å². The molecule has 2 nitrogen and oxygen atoms in total. The maximum Gasteiger partial charge on any atom is 0.0681 e. The summed E-state index contributed by atoms with van der Waals surface area (Å²) in [5.74, 6) is 0. The van der Waals surface area contributed by atoms with E-state index in [-0.39, 0.29) is 10.8 Å². The van der Waals surface area contributed by atoms with Crippen LogP contribution < -0.4 is 4.90 Å². The Morgan fingerprint density at radius 3 is 2.11 bits per heavy atom. The number of benzene rings is 4. The van der Waals surface area contributed by atoms with Crippen LogP contribution in [0.25, 0.3) is 21.5 Å². The van der Waals surface area contributed by atoms with Crippen LogP contribution in [0.3, 0.4) is 0 Å². The smallest absolute Gasteiger partial charge is 0.0681 e. The van der Waals surface area contributed by atoms with Crippen molar-refractivity contribution in [1.29, 1.82) is 0 Å². The minimum absolute atomic E-state index is 0.136. The summed E-state index contributed by atoms with van der Waals surface area (Å²) in [5, 5.41) is 5.77. The number of aliphatic imine (C=N–C) groups is 1. The molecule has 0 atom stereocenters. The van der Waals surface area contributed by atoms with E-state index < -0.39 is 0 Å². The Morgan fingerprint density at radius 2 is 1.41 bits per heavy atom. The molecule has 0 saturated carbocycles. The Balaban J connectivity index is 1.31. The van der Waals surface area contributed by atoms with Gasteiger partial charge in [-0.1, -0.05) is 100.0 Å². The summed E-state index contributed by atoms with van der Waals surface area (Å²) in [6.07, 6.45) is 8.20. The van der Waals surface area contributed by atoms with Gasteiger partial charge < -0.3 is 4.90 Å². The lowest BCUT2D eigenvalue weighted by atomic mass is 9.79. The van der Waals surface area contributed by atoms with E-state index in [0.717, 1.165) is 11.4 Å². The van der Waals surface area contributed by atoms with Crippen LogP contribution in [0.5, 0.6) is 0 Å². The fourth-order valence-corrected chi connectivity index (χ4v) is 6.35. The van der Waals surface area contributed by atoms with Crippen LogP contribution in [0.1, 0.15) is 38.8 Å². The van der Waals surface area contributed by atoms with Gasteiger partial charge in [0.15, 0.2) is 0 Å². The van der Waals surface area contributed by atoms with E-state index in [1.54, 1.807) is 0 Å². The predicted octanol–water partition coefficient (Wildman–Crippen LogP) is 9.35. The quantitative estimate of drug-likeness (QED) is 0.255. The zero-order valence-electron chi connectivity index (χ0n) is 22.0. The van der Waals surface area contributed by atoms with Crippen LogP contribution >= 0.6 is 11.6 Å². The van der Waals surface area contributed by atoms with Crippen molar-refractivity contribution in [2.24, 2.45) is 4.99 Å². The number of anilines is 1. The topological polar surface area (TPSA) is 15.6 Å². The summed E-state index contributed by atoms with van der Waals surface area (Å²) in [7, 11) is 2.14. The first kappa shape index (κ1) is 23.8. The van der Waals surface area contributed by atoms with Gasteiger partial charge in [-0.25, -0.2) is 0 Å². The molecule has 0 aliphatic carbocycles. The number of nitrogens with zero attached hydrogens (tertiary/aromatic N) is 2. The molecule has 4 aromatic carbocycles. The summed E-state index contributed by atoms with van der Waals surface area (Å²) in [5.41, 5.74) is 6.87. The predicted molar refractivity (Wildman–Crippen MR) is 161 cm³/mol. The van der Waals surface area contributed by atoms with Gasteiger partial charge in [0.1, 0.15) is 0 Å². The number of fused-ring (bicyclic) bond motifs is 6. The second kappa shape index (κ2) is 8.46. The van der Waals surface area contributed by atoms with Gasteiger partial charge >= 0.3 is 0 Å². The molecule has 2 aliphatic rings. The first-order valence-electron chi connectivity index (χ1n) is 12.8. The molecular formula is C34H31ClN2. The van der Waals surface area contributed by atoms with Crippen LogP contribution in [0, 0.1) is 0 Å². The van der Waals surface area contributed by atoms with E-state index in [2.05, 4.69) is 125 Å². The van der Waals surface area contributed by atoms with Crippen LogP contribution in [0.4, 0.5) is 11.4 Å². The molecule has 6 rings (SSSR count). The molecule has 2 aliphatic heterocycles. The van der Waals surface area contributed by atoms with E-state index in [9.17, 15) is 0 Å². The van der Waals surface area contributed by atoms with Gasteiger partial charge in [-0.2, -0.15) is 0 Å². The highest BCUT2D eigenvalue weighted by Crippen LogP contribution is 2.50. The van der Waals surface area contributed by atoms with E-state index in [1.165, 1.54) is 44.1 Å². The second-order valence-electron chi connectivity index (χ2n) is 11.1. The highest BCUT2D eigenvalue weighted by Gasteiger charge is 2.39. The summed E-state index contributed by atoms with van der Waals surface area (Å²) in [6.45, 7) is 9.07. The van der Waals surface area contributed by atoms with Crippen molar-refractivity contribution in [2.45, 2.75) is 38.5 Å². The number of rotatable bonds is 3. The standard InChI is InChI=1S/C34H31ClN2/c1-33(2)29(36-27-18-14-22-10-6-8-12-25(22)31(27)33)20-16-24(35)17-21-30-34(3,4)32-26-13-9-7-11-23(26)15-19-28(32)37(30)5/h6-21H,1-5H3/b20-16+,24-17-,30-21+. The summed E-state index contributed by atoms with van der Waals surface area (Å²) < 4.78 is 0. The third-order valence-corrected chi connectivity index (χ3v) is 8.36. The third-order valence-electron chi connectivity index (χ3n) is 8.11. The third kappa shape index (κ3) is 3.66. The molecule has 0 aromatic heterocycles. The number of likely N-dealkylation sites (N-methyl/N-ethyl adjacent to an activating group) is 1. The molecule has 0 radical (unpaired) electrons. The van der Waals surface area contributed by atoms with Crippen molar-refractivity contribution in [1.82, 2.24) is 0 Å². The second-order valence-corrected chi connectivity index (χ2v) is 11.5. The Hall–Kier alpha value is -3.62. The minimum Gasteiger partial charge on any atom is -0.347 e. The van der Waals surface area contributed by atoms with E-state index in [1.807, 2.05) is 12.2 Å². The van der Waals surface area contributed by atoms with Gasteiger partial charge in [0.25, 0.3) is 0 Å². The van der Waals surface area contributed by atoms with Gasteiger partial charge in [0.2, 0.25) is 0 Å². The maximum atomic E-state index is 6.74. The lowest BCUT2D eigenvalue weighted by molar-refractivity contribution is 0.645. The van der Waals surface area contributed by atoms with Crippen molar-refractivity contribution >= 4 is 50.2 Å². The van der Waals surface area contributed by atoms with Crippen molar-refractivity contribution in [3.63, 3.8) is 0 Å². The van der Waals surface area contributed by atoms with Crippen LogP contribution in [0.2, 0.25) is 0 Å². The fourth-order valence-electron chi connectivity index (χ4n) is 6.22. The molecule has 37 heavy (non-hydrogen) atoms. The average molecular weight is 503 g/mol. The molecule has 2 heterocycles. The fraction of sp³-hybridized carbons (Fsp3) is 0.206. The van der Waals surface area contributed by atoms with Crippen molar-refractivity contribution in [2.75, 3.05) is 11.9 Å². The molecular weight excluding hydrogens is 472 g/mol. The van der Waals surface area contributed by atoms with E-state index in [0.29, 0.717) is 5.03 Å². The summed E-state index contributed by atoms with van der Waals surface area (Å²) >= 11 is 6.74. The molecule has 0 spiro atoms. The summed E-state index contributed by atoms with van der Waals surface area (Å²) in [6, 6.07) is 25.9. The van der Waals surface area contributed by atoms with Crippen molar-refractivity contribution in [3.05, 3.63) is 119 Å². The molecule has 184 valence electrons. The van der Waals surface area contributed by atoms with Crippen molar-refractivity contribution < 1.29 is 0 Å². The molecule has 0 fully saturated rings. The Kier molecular flexibility index (Phi) is 5.43. The molecule has 0 saturated heterocycles. The largest absolute Gasteiger partial charge is 0.347 e. The maximum absolute atomic E-state index is 6.74. The summed E-state index contributed by atoms with van der Waals surface area (Å²) in [4.78, 5) is 7.27. The minimum atomic E-state index is -0.196. The number of hydrogen-bond acceptors (Lipinski definition) is 2. The zero-order valence-corrected chi connectivity index (χ0v) is 22.8. The normalized spacial score (nSPS) is 19.2. The van der Waals surface area contributed by atoms with E-state index >= 15 is 0 Å². The first-order chi connectivity index (χ1) is 17.7. The molecule has 3 heteroatoms. The number of hydrogen-bond donors (Lipinski definition) is 0. The highest BCUT2D eigenvalue weighted by atomic mass is 35.5. The Labute approximate surface area is 224 Å². The Morgan fingerprint density at radius 1 is 0.784 bits per heavy atom. The van der Waals surface area contributed by atoms with Gasteiger partial charge in [0, 0.05) is 34.3 Å². The molecule has 0 unspecified atom stereocenters. The zero-order chi connectivity index (χ0) is 25.9. The van der Waals surface area contributed by atoms with Gasteiger partial charge in [-0.05, 0) is 69.1 Å². The van der Waals surface area contributed by atoms with Gasteiger partial charge in [-0.15, -0.1) is 0 Å². The van der Waals surface area contributed by atoms with Gasteiger partial charge in [0.05, 0.1) is 11.4 Å². The van der Waals surface area contributed by atoms with E-state index in [4.69, 9.17) is 16.6 Å². The lowest BCUT2D eigenvalue weighted by Gasteiger charge is -2.24. The number of allylic oxidation sites excluding steroid dienone is 6. The monoisotopic (exact) mass is 502 g/mol. The molecule has 0 N–H and O–H groups in total. The number of halogens is 1. The first-order valence-corrected chi connectivity index (χ1v) is 13.2. The SMILES string of the molecule is CN1/C(=C/C=C(Cl)/C=C/C2=Nc3ccc4ccccc4c3C2(C)C)C(C)(C)c2c1ccc1ccccc21. The van der Waals surface area contributed by atoms with Crippen molar-refractivity contribution in [3.8, 4) is 0 Å². The molecule has 4 aromatic rings. The van der Waals surface area contributed by atoms with Crippen LogP contribution in [-0.4, -0.2) is 12.8 Å².